The number of aromatic nitrogens is 1. The van der Waals surface area contributed by atoms with Gasteiger partial charge in [-0.05, 0) is 50.3 Å². The Morgan fingerprint density at radius 2 is 1.95 bits per heavy atom. The molecular formula is C14H22ClN3O2S. The van der Waals surface area contributed by atoms with Crippen LogP contribution in [0.15, 0.2) is 29.4 Å². The minimum absolute atomic E-state index is 0. The van der Waals surface area contributed by atoms with Gasteiger partial charge < -0.3 is 5.32 Å². The topological polar surface area (TPSA) is 62.3 Å². The van der Waals surface area contributed by atoms with Gasteiger partial charge in [0.1, 0.15) is 4.90 Å². The van der Waals surface area contributed by atoms with Gasteiger partial charge in [0.2, 0.25) is 10.0 Å². The molecule has 0 amide bonds. The first-order valence-corrected chi connectivity index (χ1v) is 8.74. The smallest absolute Gasteiger partial charge is 0.244 e. The standard InChI is InChI=1S/C14H21N3O2S.ClH/c18-20(19,14-2-1-7-15-11-14)17-8-5-13(6-9-17)16-10-12-3-4-12;/h1-2,7,11-13,16H,3-6,8-10H2;1H. The molecule has 5 nitrogen and oxygen atoms in total. The van der Waals surface area contributed by atoms with Crippen molar-refractivity contribution in [3.63, 3.8) is 0 Å². The van der Waals surface area contributed by atoms with E-state index in [1.54, 1.807) is 22.6 Å². The molecule has 1 N–H and O–H groups in total. The van der Waals surface area contributed by atoms with E-state index in [0.29, 0.717) is 24.0 Å². The molecule has 2 heterocycles. The molecule has 1 saturated carbocycles. The Bertz CT molecular complexity index is 541. The lowest BCUT2D eigenvalue weighted by molar-refractivity contribution is 0.288. The van der Waals surface area contributed by atoms with Crippen LogP contribution in [0.2, 0.25) is 0 Å². The minimum atomic E-state index is -3.36. The first kappa shape index (κ1) is 16.7. The molecule has 2 fully saturated rings. The van der Waals surface area contributed by atoms with E-state index in [2.05, 4.69) is 10.3 Å². The van der Waals surface area contributed by atoms with Crippen molar-refractivity contribution in [2.24, 2.45) is 5.92 Å². The second-order valence-corrected chi connectivity index (χ2v) is 7.66. The average Bonchev–Trinajstić information content (AvgIpc) is 3.31. The van der Waals surface area contributed by atoms with Gasteiger partial charge in [-0.15, -0.1) is 12.4 Å². The zero-order valence-corrected chi connectivity index (χ0v) is 13.6. The molecule has 7 heteroatoms. The normalized spacial score (nSPS) is 21.0. The highest BCUT2D eigenvalue weighted by Gasteiger charge is 2.30. The average molecular weight is 332 g/mol. The number of sulfonamides is 1. The Balaban J connectivity index is 0.00000161. The van der Waals surface area contributed by atoms with E-state index in [1.165, 1.54) is 19.0 Å². The first-order valence-electron chi connectivity index (χ1n) is 7.30. The van der Waals surface area contributed by atoms with Gasteiger partial charge in [-0.2, -0.15) is 4.31 Å². The summed E-state index contributed by atoms with van der Waals surface area (Å²) in [6, 6.07) is 3.74. The summed E-state index contributed by atoms with van der Waals surface area (Å²) >= 11 is 0. The van der Waals surface area contributed by atoms with Crippen LogP contribution in [0, 0.1) is 5.92 Å². The Labute approximate surface area is 132 Å². The number of halogens is 1. The van der Waals surface area contributed by atoms with Crippen LogP contribution < -0.4 is 5.32 Å². The monoisotopic (exact) mass is 331 g/mol. The van der Waals surface area contributed by atoms with Crippen molar-refractivity contribution in [3.8, 4) is 0 Å². The van der Waals surface area contributed by atoms with Crippen LogP contribution in [-0.2, 0) is 10.0 Å². The summed E-state index contributed by atoms with van der Waals surface area (Å²) in [5.41, 5.74) is 0. The zero-order chi connectivity index (χ0) is 14.0. The number of rotatable bonds is 5. The van der Waals surface area contributed by atoms with Crippen LogP contribution in [0.1, 0.15) is 25.7 Å². The molecule has 3 rings (SSSR count). The molecule has 1 aromatic rings. The molecule has 21 heavy (non-hydrogen) atoms. The first-order chi connectivity index (χ1) is 9.66. The van der Waals surface area contributed by atoms with Crippen molar-refractivity contribution < 1.29 is 8.42 Å². The highest BCUT2D eigenvalue weighted by Crippen LogP contribution is 2.28. The summed E-state index contributed by atoms with van der Waals surface area (Å²) in [7, 11) is -3.36. The van der Waals surface area contributed by atoms with E-state index >= 15 is 0 Å². The quantitative estimate of drug-likeness (QED) is 0.891. The molecule has 1 aromatic heterocycles. The Kier molecular flexibility index (Phi) is 5.60. The second-order valence-electron chi connectivity index (χ2n) is 5.72. The molecule has 2 aliphatic rings. The van der Waals surface area contributed by atoms with E-state index < -0.39 is 10.0 Å². The van der Waals surface area contributed by atoms with E-state index in [1.807, 2.05) is 0 Å². The van der Waals surface area contributed by atoms with Crippen LogP contribution >= 0.6 is 12.4 Å². The lowest BCUT2D eigenvalue weighted by atomic mass is 10.1. The van der Waals surface area contributed by atoms with Gasteiger partial charge in [0.05, 0.1) is 0 Å². The van der Waals surface area contributed by atoms with Crippen LogP contribution in [0.3, 0.4) is 0 Å². The fourth-order valence-corrected chi connectivity index (χ4v) is 4.04. The predicted octanol–water partition coefficient (Wildman–Crippen LogP) is 1.66. The fraction of sp³-hybridized carbons (Fsp3) is 0.643. The number of piperidine rings is 1. The lowest BCUT2D eigenvalue weighted by Gasteiger charge is -2.31. The van der Waals surface area contributed by atoms with Crippen molar-refractivity contribution in [3.05, 3.63) is 24.5 Å². The molecule has 0 unspecified atom stereocenters. The Morgan fingerprint density at radius 1 is 1.24 bits per heavy atom. The molecule has 0 bridgehead atoms. The highest BCUT2D eigenvalue weighted by atomic mass is 35.5. The third kappa shape index (κ3) is 4.16. The molecule has 0 aromatic carbocycles. The predicted molar refractivity (Wildman–Crippen MR) is 84.0 cm³/mol. The fourth-order valence-electron chi connectivity index (χ4n) is 2.60. The summed E-state index contributed by atoms with van der Waals surface area (Å²) in [5.74, 6) is 0.868. The summed E-state index contributed by atoms with van der Waals surface area (Å²) in [5, 5.41) is 3.56. The Hall–Kier alpha value is -0.690. The molecule has 0 spiro atoms. The summed E-state index contributed by atoms with van der Waals surface area (Å²) in [6.45, 7) is 2.29. The molecule has 1 aliphatic heterocycles. The lowest BCUT2D eigenvalue weighted by Crippen LogP contribution is -2.45. The molecule has 0 radical (unpaired) electrons. The van der Waals surface area contributed by atoms with Crippen molar-refractivity contribution >= 4 is 22.4 Å². The number of nitrogens with zero attached hydrogens (tertiary/aromatic N) is 2. The minimum Gasteiger partial charge on any atom is -0.314 e. The van der Waals surface area contributed by atoms with Crippen LogP contribution in [-0.4, -0.2) is 43.4 Å². The van der Waals surface area contributed by atoms with Crippen molar-refractivity contribution in [2.45, 2.75) is 36.6 Å². The maximum absolute atomic E-state index is 12.4. The largest absolute Gasteiger partial charge is 0.314 e. The maximum Gasteiger partial charge on any atom is 0.244 e. The third-order valence-electron chi connectivity index (χ3n) is 4.12. The van der Waals surface area contributed by atoms with Gasteiger partial charge in [0.25, 0.3) is 0 Å². The van der Waals surface area contributed by atoms with E-state index in [-0.39, 0.29) is 12.4 Å². The highest BCUT2D eigenvalue weighted by molar-refractivity contribution is 7.89. The van der Waals surface area contributed by atoms with Crippen molar-refractivity contribution in [2.75, 3.05) is 19.6 Å². The molecule has 118 valence electrons. The molecule has 0 atom stereocenters. The molecular weight excluding hydrogens is 310 g/mol. The zero-order valence-electron chi connectivity index (χ0n) is 11.9. The van der Waals surface area contributed by atoms with Gasteiger partial charge in [-0.25, -0.2) is 8.42 Å². The van der Waals surface area contributed by atoms with Gasteiger partial charge in [0, 0.05) is 31.5 Å². The van der Waals surface area contributed by atoms with E-state index in [9.17, 15) is 8.42 Å². The summed E-state index contributed by atoms with van der Waals surface area (Å²) in [6.07, 6.45) is 7.50. The van der Waals surface area contributed by atoms with Gasteiger partial charge >= 0.3 is 0 Å². The molecule has 1 aliphatic carbocycles. The Morgan fingerprint density at radius 3 is 2.52 bits per heavy atom. The van der Waals surface area contributed by atoms with Crippen LogP contribution in [0.25, 0.3) is 0 Å². The summed E-state index contributed by atoms with van der Waals surface area (Å²) in [4.78, 5) is 4.19. The van der Waals surface area contributed by atoms with Gasteiger partial charge in [-0.1, -0.05) is 0 Å². The third-order valence-corrected chi connectivity index (χ3v) is 6.00. The van der Waals surface area contributed by atoms with Crippen molar-refractivity contribution in [1.82, 2.24) is 14.6 Å². The molecule has 1 saturated heterocycles. The van der Waals surface area contributed by atoms with Gasteiger partial charge in [-0.3, -0.25) is 4.98 Å². The van der Waals surface area contributed by atoms with Crippen LogP contribution in [0.4, 0.5) is 0 Å². The van der Waals surface area contributed by atoms with Crippen LogP contribution in [0.5, 0.6) is 0 Å². The maximum atomic E-state index is 12.4. The van der Waals surface area contributed by atoms with E-state index in [4.69, 9.17) is 0 Å². The van der Waals surface area contributed by atoms with Gasteiger partial charge in [0.15, 0.2) is 0 Å². The number of pyridine rings is 1. The number of nitrogens with one attached hydrogen (secondary N) is 1. The van der Waals surface area contributed by atoms with Crippen molar-refractivity contribution in [1.29, 1.82) is 0 Å². The summed E-state index contributed by atoms with van der Waals surface area (Å²) < 4.78 is 26.5. The number of hydrogen-bond donors (Lipinski definition) is 1. The second kappa shape index (κ2) is 7.05. The number of hydrogen-bond acceptors (Lipinski definition) is 4. The van der Waals surface area contributed by atoms with E-state index in [0.717, 1.165) is 25.3 Å². The SMILES string of the molecule is Cl.O=S(=O)(c1cccnc1)N1CCC(NCC2CC2)CC1.